The number of hydrogen-bond donors (Lipinski definition) is 3. The van der Waals surface area contributed by atoms with Crippen LogP contribution in [0, 0.1) is 6.92 Å². The summed E-state index contributed by atoms with van der Waals surface area (Å²) < 4.78 is 0. The smallest absolute Gasteiger partial charge is 0.126 e. The molecule has 0 bridgehead atoms. The summed E-state index contributed by atoms with van der Waals surface area (Å²) in [7, 11) is 0. The fraction of sp³-hybridized carbons (Fsp3) is 0.167. The Morgan fingerprint density at radius 2 is 1.68 bits per heavy atom. The van der Waals surface area contributed by atoms with Gasteiger partial charge in [0.25, 0.3) is 0 Å². The number of benzene rings is 2. The Labute approximate surface area is 130 Å². The van der Waals surface area contributed by atoms with Gasteiger partial charge in [0.2, 0.25) is 0 Å². The van der Waals surface area contributed by atoms with Gasteiger partial charge in [-0.25, -0.2) is 4.98 Å². The lowest BCUT2D eigenvalue weighted by Gasteiger charge is -2.11. The van der Waals surface area contributed by atoms with Crippen molar-refractivity contribution in [3.8, 4) is 0 Å². The molecular formula is C18H20N4. The van der Waals surface area contributed by atoms with E-state index in [1.165, 1.54) is 10.8 Å². The largest absolute Gasteiger partial charge is 0.397 e. The van der Waals surface area contributed by atoms with E-state index < -0.39 is 0 Å². The minimum absolute atomic E-state index is 0.722. The second kappa shape index (κ2) is 6.35. The van der Waals surface area contributed by atoms with E-state index in [0.717, 1.165) is 36.0 Å². The average molecular weight is 292 g/mol. The molecule has 0 aliphatic carbocycles. The summed E-state index contributed by atoms with van der Waals surface area (Å²) in [5.41, 5.74) is 8.50. The van der Waals surface area contributed by atoms with Crippen LogP contribution in [0.1, 0.15) is 5.69 Å². The van der Waals surface area contributed by atoms with Gasteiger partial charge in [0.15, 0.2) is 0 Å². The number of nitrogens with one attached hydrogen (secondary N) is 2. The highest BCUT2D eigenvalue weighted by atomic mass is 15.0. The second-order valence-electron chi connectivity index (χ2n) is 5.25. The number of nitrogens with zero attached hydrogens (tertiary/aromatic N) is 1. The molecule has 0 aliphatic rings. The fourth-order valence-electron chi connectivity index (χ4n) is 2.44. The molecule has 0 atom stereocenters. The third kappa shape index (κ3) is 3.11. The van der Waals surface area contributed by atoms with E-state index in [1.54, 1.807) is 0 Å². The molecule has 0 amide bonds. The highest BCUT2D eigenvalue weighted by Crippen LogP contribution is 2.22. The summed E-state index contributed by atoms with van der Waals surface area (Å²) in [5, 5.41) is 9.26. The number of anilines is 3. The van der Waals surface area contributed by atoms with Gasteiger partial charge in [0.05, 0.1) is 11.4 Å². The second-order valence-corrected chi connectivity index (χ2v) is 5.25. The van der Waals surface area contributed by atoms with Crippen molar-refractivity contribution in [2.45, 2.75) is 6.92 Å². The predicted octanol–water partition coefficient (Wildman–Crippen LogP) is 3.65. The molecule has 112 valence electrons. The van der Waals surface area contributed by atoms with Crippen LogP contribution in [0.3, 0.4) is 0 Å². The molecule has 0 unspecified atom stereocenters. The van der Waals surface area contributed by atoms with Crippen LogP contribution in [-0.2, 0) is 0 Å². The summed E-state index contributed by atoms with van der Waals surface area (Å²) >= 11 is 0. The van der Waals surface area contributed by atoms with Gasteiger partial charge in [-0.15, -0.1) is 0 Å². The lowest BCUT2D eigenvalue weighted by atomic mass is 10.1. The molecule has 4 N–H and O–H groups in total. The quantitative estimate of drug-likeness (QED) is 0.628. The van der Waals surface area contributed by atoms with E-state index in [1.807, 2.05) is 19.1 Å². The SMILES string of the molecule is Cc1nc(NCCNc2cccc3ccccc23)ccc1N. The molecule has 1 aromatic heterocycles. The first kappa shape index (κ1) is 14.2. The van der Waals surface area contributed by atoms with Crippen molar-refractivity contribution in [1.29, 1.82) is 0 Å². The van der Waals surface area contributed by atoms with Crippen molar-refractivity contribution in [2.24, 2.45) is 0 Å². The van der Waals surface area contributed by atoms with Gasteiger partial charge in [-0.1, -0.05) is 36.4 Å². The average Bonchev–Trinajstić information content (AvgIpc) is 2.55. The normalized spacial score (nSPS) is 10.6. The van der Waals surface area contributed by atoms with E-state index in [-0.39, 0.29) is 0 Å². The molecule has 0 spiro atoms. The summed E-state index contributed by atoms with van der Waals surface area (Å²) in [5.74, 6) is 0.853. The summed E-state index contributed by atoms with van der Waals surface area (Å²) in [6.07, 6.45) is 0. The van der Waals surface area contributed by atoms with Crippen LogP contribution in [0.15, 0.2) is 54.6 Å². The first-order valence-corrected chi connectivity index (χ1v) is 7.43. The van der Waals surface area contributed by atoms with E-state index in [0.29, 0.717) is 0 Å². The standard InChI is InChI=1S/C18H20N4/c1-13-16(19)9-10-18(22-13)21-12-11-20-17-8-4-6-14-5-2-3-7-15(14)17/h2-10,20H,11-12,19H2,1H3,(H,21,22). The summed E-state index contributed by atoms with van der Waals surface area (Å²) in [4.78, 5) is 4.40. The van der Waals surface area contributed by atoms with Gasteiger partial charge in [-0.2, -0.15) is 0 Å². The lowest BCUT2D eigenvalue weighted by Crippen LogP contribution is -2.14. The number of aromatic nitrogens is 1. The van der Waals surface area contributed by atoms with Gasteiger partial charge in [0.1, 0.15) is 5.82 Å². The van der Waals surface area contributed by atoms with Crippen LogP contribution >= 0.6 is 0 Å². The van der Waals surface area contributed by atoms with Gasteiger partial charge in [-0.3, -0.25) is 0 Å². The molecule has 0 radical (unpaired) electrons. The highest BCUT2D eigenvalue weighted by Gasteiger charge is 2.00. The fourth-order valence-corrected chi connectivity index (χ4v) is 2.44. The minimum atomic E-state index is 0.722. The summed E-state index contributed by atoms with van der Waals surface area (Å²) in [6.45, 7) is 3.52. The molecular weight excluding hydrogens is 272 g/mol. The number of hydrogen-bond acceptors (Lipinski definition) is 4. The Bertz CT molecular complexity index is 778. The summed E-state index contributed by atoms with van der Waals surface area (Å²) in [6, 6.07) is 18.5. The number of nitrogen functional groups attached to an aromatic ring is 1. The lowest BCUT2D eigenvalue weighted by molar-refractivity contribution is 1.05. The molecule has 22 heavy (non-hydrogen) atoms. The van der Waals surface area contributed by atoms with E-state index >= 15 is 0 Å². The molecule has 0 saturated heterocycles. The molecule has 3 aromatic rings. The number of nitrogens with two attached hydrogens (primary N) is 1. The van der Waals surface area contributed by atoms with Gasteiger partial charge in [0, 0.05) is 24.2 Å². The third-order valence-electron chi connectivity index (χ3n) is 3.66. The minimum Gasteiger partial charge on any atom is -0.397 e. The van der Waals surface area contributed by atoms with E-state index in [4.69, 9.17) is 5.73 Å². The molecule has 1 heterocycles. The van der Waals surface area contributed by atoms with Crippen molar-refractivity contribution in [2.75, 3.05) is 29.5 Å². The van der Waals surface area contributed by atoms with Crippen LogP contribution in [0.5, 0.6) is 0 Å². The Morgan fingerprint density at radius 3 is 2.55 bits per heavy atom. The van der Waals surface area contributed by atoms with E-state index in [2.05, 4.69) is 58.1 Å². The van der Waals surface area contributed by atoms with Crippen molar-refractivity contribution < 1.29 is 0 Å². The van der Waals surface area contributed by atoms with Crippen LogP contribution in [-0.4, -0.2) is 18.1 Å². The monoisotopic (exact) mass is 292 g/mol. The van der Waals surface area contributed by atoms with E-state index in [9.17, 15) is 0 Å². The topological polar surface area (TPSA) is 63.0 Å². The zero-order valence-electron chi connectivity index (χ0n) is 12.6. The van der Waals surface area contributed by atoms with Gasteiger partial charge in [-0.05, 0) is 30.5 Å². The van der Waals surface area contributed by atoms with Gasteiger partial charge < -0.3 is 16.4 Å². The Balaban J connectivity index is 1.59. The zero-order chi connectivity index (χ0) is 15.4. The molecule has 3 rings (SSSR count). The Morgan fingerprint density at radius 1 is 0.909 bits per heavy atom. The molecule has 0 fully saturated rings. The molecule has 0 aliphatic heterocycles. The Hall–Kier alpha value is -2.75. The first-order valence-electron chi connectivity index (χ1n) is 7.43. The number of fused-ring (bicyclic) bond motifs is 1. The zero-order valence-corrected chi connectivity index (χ0v) is 12.6. The number of aryl methyl sites for hydroxylation is 1. The maximum Gasteiger partial charge on any atom is 0.126 e. The number of rotatable bonds is 5. The third-order valence-corrected chi connectivity index (χ3v) is 3.66. The number of pyridine rings is 1. The van der Waals surface area contributed by atoms with Crippen LogP contribution < -0.4 is 16.4 Å². The highest BCUT2D eigenvalue weighted by molar-refractivity contribution is 5.93. The molecule has 4 nitrogen and oxygen atoms in total. The van der Waals surface area contributed by atoms with Crippen LogP contribution in [0.4, 0.5) is 17.2 Å². The molecule has 4 heteroatoms. The maximum absolute atomic E-state index is 5.77. The predicted molar refractivity (Wildman–Crippen MR) is 94.3 cm³/mol. The van der Waals surface area contributed by atoms with Gasteiger partial charge >= 0.3 is 0 Å². The van der Waals surface area contributed by atoms with Crippen molar-refractivity contribution in [1.82, 2.24) is 4.98 Å². The van der Waals surface area contributed by atoms with Crippen LogP contribution in [0.25, 0.3) is 10.8 Å². The van der Waals surface area contributed by atoms with Crippen molar-refractivity contribution in [3.63, 3.8) is 0 Å². The molecule has 0 saturated carbocycles. The van der Waals surface area contributed by atoms with Crippen LogP contribution in [0.2, 0.25) is 0 Å². The first-order chi connectivity index (χ1) is 10.7. The van der Waals surface area contributed by atoms with Crippen molar-refractivity contribution in [3.05, 3.63) is 60.3 Å². The van der Waals surface area contributed by atoms with Crippen molar-refractivity contribution >= 4 is 28.0 Å². The molecule has 2 aromatic carbocycles. The maximum atomic E-state index is 5.77. The Kier molecular flexibility index (Phi) is 4.10.